The second-order valence-corrected chi connectivity index (χ2v) is 7.25. The van der Waals surface area contributed by atoms with Gasteiger partial charge in [-0.3, -0.25) is 0 Å². The fraction of sp³-hybridized carbons (Fsp3) is 0.250. The van der Waals surface area contributed by atoms with Crippen LogP contribution in [0.2, 0.25) is 5.02 Å². The average molecular weight is 453 g/mol. The SMILES string of the molecule is CCCOc1ccc(C(Cl)c2cc(Cl)cc(Br)c2)cc1Br. The molecule has 2 aromatic carbocycles. The molecule has 0 amide bonds. The van der Waals surface area contributed by atoms with E-state index < -0.39 is 0 Å². The Bertz CT molecular complexity index is 611. The van der Waals surface area contributed by atoms with E-state index in [2.05, 4.69) is 38.8 Å². The van der Waals surface area contributed by atoms with Crippen molar-refractivity contribution in [1.29, 1.82) is 0 Å². The normalized spacial score (nSPS) is 12.2. The van der Waals surface area contributed by atoms with Crippen LogP contribution in [0.5, 0.6) is 5.75 Å². The van der Waals surface area contributed by atoms with Crippen molar-refractivity contribution in [2.45, 2.75) is 18.7 Å². The molecule has 21 heavy (non-hydrogen) atoms. The second-order valence-electron chi connectivity index (χ2n) is 4.60. The molecule has 0 N–H and O–H groups in total. The molecule has 1 nitrogen and oxygen atoms in total. The number of hydrogen-bond donors (Lipinski definition) is 0. The maximum Gasteiger partial charge on any atom is 0.133 e. The summed E-state index contributed by atoms with van der Waals surface area (Å²) in [5.74, 6) is 0.830. The van der Waals surface area contributed by atoms with Crippen molar-refractivity contribution in [3.8, 4) is 5.75 Å². The van der Waals surface area contributed by atoms with Gasteiger partial charge in [0.1, 0.15) is 5.75 Å². The monoisotopic (exact) mass is 450 g/mol. The summed E-state index contributed by atoms with van der Waals surface area (Å²) in [7, 11) is 0. The quantitative estimate of drug-likeness (QED) is 0.444. The third kappa shape index (κ3) is 4.62. The van der Waals surface area contributed by atoms with Crippen molar-refractivity contribution >= 4 is 55.1 Å². The van der Waals surface area contributed by atoms with E-state index in [9.17, 15) is 0 Å². The lowest BCUT2D eigenvalue weighted by atomic mass is 10.0. The molecule has 0 radical (unpaired) electrons. The van der Waals surface area contributed by atoms with E-state index >= 15 is 0 Å². The van der Waals surface area contributed by atoms with Crippen LogP contribution in [0.3, 0.4) is 0 Å². The zero-order valence-corrected chi connectivity index (χ0v) is 16.1. The molecule has 112 valence electrons. The van der Waals surface area contributed by atoms with Crippen molar-refractivity contribution in [3.05, 3.63) is 61.5 Å². The Morgan fingerprint density at radius 2 is 1.86 bits per heavy atom. The lowest BCUT2D eigenvalue weighted by Crippen LogP contribution is -1.98. The molecule has 0 fully saturated rings. The van der Waals surface area contributed by atoms with Crippen molar-refractivity contribution in [1.82, 2.24) is 0 Å². The van der Waals surface area contributed by atoms with E-state index in [1.165, 1.54) is 0 Å². The fourth-order valence-corrected chi connectivity index (χ4v) is 3.58. The number of alkyl halides is 1. The predicted octanol–water partition coefficient (Wildman–Crippen LogP) is 6.98. The molecule has 1 atom stereocenters. The van der Waals surface area contributed by atoms with Crippen molar-refractivity contribution < 1.29 is 4.74 Å². The van der Waals surface area contributed by atoms with Gasteiger partial charge in [-0.05, 0) is 63.8 Å². The maximum absolute atomic E-state index is 6.56. The number of hydrogen-bond acceptors (Lipinski definition) is 1. The summed E-state index contributed by atoms with van der Waals surface area (Å²) in [5, 5.41) is 0.392. The third-order valence-electron chi connectivity index (χ3n) is 2.89. The first-order valence-electron chi connectivity index (χ1n) is 6.53. The minimum absolute atomic E-state index is 0.267. The molecule has 0 aliphatic rings. The van der Waals surface area contributed by atoms with Crippen LogP contribution in [0.25, 0.3) is 0 Å². The molecule has 0 saturated carbocycles. The first kappa shape index (κ1) is 17.1. The lowest BCUT2D eigenvalue weighted by Gasteiger charge is -2.14. The molecular weight excluding hydrogens is 439 g/mol. The smallest absolute Gasteiger partial charge is 0.133 e. The Labute approximate surface area is 151 Å². The lowest BCUT2D eigenvalue weighted by molar-refractivity contribution is 0.315. The molecule has 0 aromatic heterocycles. The van der Waals surface area contributed by atoms with E-state index in [-0.39, 0.29) is 5.38 Å². The summed E-state index contributed by atoms with van der Waals surface area (Å²) in [5.41, 5.74) is 1.94. The summed E-state index contributed by atoms with van der Waals surface area (Å²) in [4.78, 5) is 0. The van der Waals surface area contributed by atoms with Crippen LogP contribution < -0.4 is 4.74 Å². The van der Waals surface area contributed by atoms with E-state index in [1.807, 2.05) is 36.4 Å². The van der Waals surface area contributed by atoms with Gasteiger partial charge in [0.25, 0.3) is 0 Å². The Morgan fingerprint density at radius 3 is 2.48 bits per heavy atom. The highest BCUT2D eigenvalue weighted by Crippen LogP contribution is 2.36. The van der Waals surface area contributed by atoms with E-state index in [1.54, 1.807) is 0 Å². The summed E-state index contributed by atoms with van der Waals surface area (Å²) in [6, 6.07) is 11.6. The largest absolute Gasteiger partial charge is 0.492 e. The van der Waals surface area contributed by atoms with Crippen LogP contribution in [0, 0.1) is 0 Å². The van der Waals surface area contributed by atoms with Gasteiger partial charge in [-0.2, -0.15) is 0 Å². The van der Waals surface area contributed by atoms with E-state index in [0.29, 0.717) is 11.6 Å². The van der Waals surface area contributed by atoms with Crippen molar-refractivity contribution in [2.75, 3.05) is 6.61 Å². The van der Waals surface area contributed by atoms with Crippen molar-refractivity contribution in [2.24, 2.45) is 0 Å². The van der Waals surface area contributed by atoms with Crippen LogP contribution in [0.4, 0.5) is 0 Å². The maximum atomic E-state index is 6.56. The molecule has 0 saturated heterocycles. The summed E-state index contributed by atoms with van der Waals surface area (Å²) < 4.78 is 7.46. The highest BCUT2D eigenvalue weighted by atomic mass is 79.9. The van der Waals surface area contributed by atoms with Gasteiger partial charge in [0.05, 0.1) is 16.5 Å². The highest BCUT2D eigenvalue weighted by Gasteiger charge is 2.14. The molecule has 0 spiro atoms. The number of rotatable bonds is 5. The Morgan fingerprint density at radius 1 is 1.10 bits per heavy atom. The second kappa shape index (κ2) is 7.87. The Hall–Kier alpha value is -0.220. The zero-order valence-electron chi connectivity index (χ0n) is 11.4. The molecule has 0 heterocycles. The molecule has 5 heteroatoms. The Balaban J connectivity index is 2.26. The molecular formula is C16H14Br2Cl2O. The van der Waals surface area contributed by atoms with Gasteiger partial charge in [-0.25, -0.2) is 0 Å². The zero-order chi connectivity index (χ0) is 15.4. The summed E-state index contributed by atoms with van der Waals surface area (Å²) >= 11 is 19.6. The third-order valence-corrected chi connectivity index (χ3v) is 4.69. The minimum Gasteiger partial charge on any atom is -0.492 e. The van der Waals surface area contributed by atoms with Crippen molar-refractivity contribution in [3.63, 3.8) is 0 Å². The van der Waals surface area contributed by atoms with Crippen LogP contribution in [0.1, 0.15) is 29.8 Å². The number of halogens is 4. The first-order chi connectivity index (χ1) is 10.0. The minimum atomic E-state index is -0.267. The van der Waals surface area contributed by atoms with Gasteiger partial charge in [-0.1, -0.05) is 40.5 Å². The van der Waals surface area contributed by atoms with Gasteiger partial charge < -0.3 is 4.74 Å². The summed E-state index contributed by atoms with van der Waals surface area (Å²) in [6.07, 6.45) is 0.975. The van der Waals surface area contributed by atoms with Gasteiger partial charge in [-0.15, -0.1) is 11.6 Å². The van der Waals surface area contributed by atoms with Crippen LogP contribution in [-0.2, 0) is 0 Å². The van der Waals surface area contributed by atoms with Gasteiger partial charge in [0.2, 0.25) is 0 Å². The first-order valence-corrected chi connectivity index (χ1v) is 8.93. The van der Waals surface area contributed by atoms with Crippen LogP contribution >= 0.6 is 55.1 Å². The van der Waals surface area contributed by atoms with E-state index in [4.69, 9.17) is 27.9 Å². The van der Waals surface area contributed by atoms with Gasteiger partial charge >= 0.3 is 0 Å². The van der Waals surface area contributed by atoms with Gasteiger partial charge in [0.15, 0.2) is 0 Å². The number of ether oxygens (including phenoxy) is 1. The molecule has 0 aliphatic heterocycles. The van der Waals surface area contributed by atoms with Crippen LogP contribution in [-0.4, -0.2) is 6.61 Å². The molecule has 2 aromatic rings. The standard InChI is InChI=1S/C16H14Br2Cl2O/c1-2-5-21-15-4-3-10(8-14(15)18)16(20)11-6-12(17)9-13(19)7-11/h3-4,6-9,16H,2,5H2,1H3. The summed E-state index contributed by atoms with van der Waals surface area (Å²) in [6.45, 7) is 2.78. The fourth-order valence-electron chi connectivity index (χ4n) is 1.92. The molecule has 0 bridgehead atoms. The predicted molar refractivity (Wildman–Crippen MR) is 96.8 cm³/mol. The Kier molecular flexibility index (Phi) is 6.42. The van der Waals surface area contributed by atoms with Crippen LogP contribution in [0.15, 0.2) is 45.3 Å². The van der Waals surface area contributed by atoms with E-state index in [0.717, 1.165) is 32.2 Å². The highest BCUT2D eigenvalue weighted by molar-refractivity contribution is 9.10. The molecule has 1 unspecified atom stereocenters. The van der Waals surface area contributed by atoms with Gasteiger partial charge in [0, 0.05) is 9.50 Å². The number of benzene rings is 2. The molecule has 2 rings (SSSR count). The topological polar surface area (TPSA) is 9.23 Å². The molecule has 0 aliphatic carbocycles. The average Bonchev–Trinajstić information content (AvgIpc) is 2.44.